The third-order valence-corrected chi connectivity index (χ3v) is 19.6. The number of esters is 4. The highest BCUT2D eigenvalue weighted by Gasteiger charge is 2.78. The molecule has 6 rings (SSSR count). The van der Waals surface area contributed by atoms with E-state index >= 15 is 9.59 Å². The maximum Gasteiger partial charge on any atom is 0.408 e. The first-order chi connectivity index (χ1) is 43.3. The van der Waals surface area contributed by atoms with E-state index in [9.17, 15) is 58.5 Å². The largest absolute Gasteiger partial charge is 0.481 e. The number of carboxylic acids is 3. The van der Waals surface area contributed by atoms with Crippen LogP contribution in [0.15, 0.2) is 71.8 Å². The molecular weight excluding hydrogens is 1240 g/mol. The van der Waals surface area contributed by atoms with Crippen molar-refractivity contribution < 1.29 is 111 Å². The van der Waals surface area contributed by atoms with Crippen molar-refractivity contribution in [2.45, 2.75) is 185 Å². The van der Waals surface area contributed by atoms with Gasteiger partial charge in [0.25, 0.3) is 0 Å². The number of alkyl carbamates (subject to hydrolysis) is 1. The number of hydrogen-bond donors (Lipinski definition) is 8. The fourth-order valence-electron chi connectivity index (χ4n) is 12.7. The highest BCUT2D eigenvalue weighted by Crippen LogP contribution is 2.65. The molecule has 3 fully saturated rings. The number of fused-ring (bicyclic) bond motifs is 5. The molecule has 29 heteroatoms. The number of amides is 4. The minimum absolute atomic E-state index is 0.0155. The van der Waals surface area contributed by atoms with Crippen LogP contribution >= 0.6 is 21.6 Å². The van der Waals surface area contributed by atoms with Gasteiger partial charge in [0.05, 0.1) is 35.4 Å². The molecule has 4 amide bonds. The molecule has 2 bridgehead atoms. The minimum Gasteiger partial charge on any atom is -0.481 e. The number of aliphatic hydroxyl groups is 1. The predicted molar refractivity (Wildman–Crippen MR) is 329 cm³/mol. The number of aliphatic carboxylic acids is 3. The highest BCUT2D eigenvalue weighted by molar-refractivity contribution is 8.76. The van der Waals surface area contributed by atoms with E-state index in [2.05, 4.69) is 21.3 Å². The highest BCUT2D eigenvalue weighted by atomic mass is 33.1. The lowest BCUT2D eigenvalue weighted by atomic mass is 9.44. The Kier molecular flexibility index (Phi) is 25.3. The molecule has 4 aliphatic rings. The summed E-state index contributed by atoms with van der Waals surface area (Å²) in [5.41, 5.74) is -7.67. The Hall–Kier alpha value is -7.31. The molecule has 92 heavy (non-hydrogen) atoms. The topological polar surface area (TPSA) is 391 Å². The normalized spacial score (nSPS) is 25.9. The van der Waals surface area contributed by atoms with Crippen molar-refractivity contribution in [3.8, 4) is 0 Å². The van der Waals surface area contributed by atoms with Crippen molar-refractivity contribution >= 4 is 87.2 Å². The molecule has 2 saturated carbocycles. The number of unbranched alkanes of at least 4 members (excludes halogenated alkanes) is 1. The van der Waals surface area contributed by atoms with E-state index in [0.29, 0.717) is 12.2 Å². The number of hydrogen-bond acceptors (Lipinski definition) is 22. The van der Waals surface area contributed by atoms with Gasteiger partial charge in [0.1, 0.15) is 53.7 Å². The first-order valence-corrected chi connectivity index (χ1v) is 32.6. The molecule has 1 heterocycles. The quantitative estimate of drug-likeness (QED) is 0.0154. The summed E-state index contributed by atoms with van der Waals surface area (Å²) < 4.78 is 49.3. The molecule has 0 radical (unpaired) electrons. The summed E-state index contributed by atoms with van der Waals surface area (Å²) in [5, 5.41) is 51.5. The van der Waals surface area contributed by atoms with Crippen LogP contribution in [-0.4, -0.2) is 190 Å². The molecule has 27 nitrogen and oxygen atoms in total. The van der Waals surface area contributed by atoms with Crippen molar-refractivity contribution in [2.75, 3.05) is 38.9 Å². The van der Waals surface area contributed by atoms with Gasteiger partial charge >= 0.3 is 53.9 Å². The van der Waals surface area contributed by atoms with Crippen LogP contribution in [0.3, 0.4) is 0 Å². The molecule has 2 aromatic carbocycles. The van der Waals surface area contributed by atoms with Gasteiger partial charge in [-0.15, -0.1) is 0 Å². The molecule has 8 N–H and O–H groups in total. The van der Waals surface area contributed by atoms with Gasteiger partial charge in [-0.25, -0.2) is 28.8 Å². The van der Waals surface area contributed by atoms with E-state index in [-0.39, 0.29) is 79.2 Å². The zero-order valence-electron chi connectivity index (χ0n) is 53.1. The van der Waals surface area contributed by atoms with E-state index in [1.807, 2.05) is 0 Å². The van der Waals surface area contributed by atoms with Crippen LogP contribution in [0.4, 0.5) is 9.59 Å². The first kappa shape index (κ1) is 73.7. The van der Waals surface area contributed by atoms with E-state index in [1.54, 1.807) is 97.0 Å². The Morgan fingerprint density at radius 2 is 1.42 bits per heavy atom. The molecule has 0 spiro atoms. The number of ketones is 1. The summed E-state index contributed by atoms with van der Waals surface area (Å²) in [6.07, 6.45) is -10.7. The Bertz CT molecular complexity index is 3070. The summed E-state index contributed by atoms with van der Waals surface area (Å²) in [6, 6.07) is 10.5. The molecule has 2 aromatic rings. The summed E-state index contributed by atoms with van der Waals surface area (Å²) in [5.74, 6) is -10.0. The first-order valence-electron chi connectivity index (χ1n) is 30.1. The molecule has 3 aliphatic carbocycles. The molecule has 13 atom stereocenters. The average Bonchev–Trinajstić information content (AvgIpc) is 0.670. The lowest BCUT2D eigenvalue weighted by Gasteiger charge is -2.67. The number of carboxylic acid groups (broad SMARTS) is 3. The number of Topliss-reactive ketones (excluding diaryl/α,β-unsaturated/α-hetero) is 1. The number of carbonyl (C=O) groups excluding carboxylic acids is 8. The van der Waals surface area contributed by atoms with Crippen LogP contribution in [-0.2, 0) is 76.3 Å². The second-order valence-corrected chi connectivity index (χ2v) is 27.4. The van der Waals surface area contributed by atoms with Crippen molar-refractivity contribution in [3.05, 3.63) is 82.9 Å². The Morgan fingerprint density at radius 1 is 0.793 bits per heavy atom. The fraction of sp³-hybridized carbons (Fsp3) is 0.603. The van der Waals surface area contributed by atoms with Crippen LogP contribution in [0.5, 0.6) is 0 Å². The monoisotopic (exact) mass is 1330 g/mol. The second kappa shape index (κ2) is 31.5. The number of urea groups is 1. The third kappa shape index (κ3) is 17.3. The number of rotatable bonds is 30. The molecule has 0 unspecified atom stereocenters. The second-order valence-electron chi connectivity index (χ2n) is 24.8. The van der Waals surface area contributed by atoms with Gasteiger partial charge in [-0.3, -0.25) is 24.0 Å². The SMILES string of the molecule is CO[C@H]1C(=O)[C@]2(C)[C@@H](OC)C[C@H]3OC[C@@]3(OC(C)=O)[C@H]2[C@H](OC(=O)c2ccccc2)[C@]2(O)C[C@H](OC(=O)[C@H](OC(=O)CCCSSCC(=O)NCCCC[C@H](NC(=O)N[C@@H](CCC(=O)O)C(=O)O)C(=O)O)[C@@H](NC(=O)OC(C)(C)C)c3ccccc3)C(C)=C1C2(C)C. The lowest BCUT2D eigenvalue weighted by molar-refractivity contribution is -0.347. The van der Waals surface area contributed by atoms with E-state index in [0.717, 1.165) is 0 Å². The Balaban J connectivity index is 1.22. The molecule has 1 saturated heterocycles. The van der Waals surface area contributed by atoms with Crippen LogP contribution in [0.2, 0.25) is 0 Å². The summed E-state index contributed by atoms with van der Waals surface area (Å²) >= 11 is 0. The summed E-state index contributed by atoms with van der Waals surface area (Å²) in [7, 11) is 5.14. The van der Waals surface area contributed by atoms with Gasteiger partial charge in [0.15, 0.2) is 11.4 Å². The summed E-state index contributed by atoms with van der Waals surface area (Å²) in [4.78, 5) is 146. The van der Waals surface area contributed by atoms with Gasteiger partial charge in [0.2, 0.25) is 12.0 Å². The average molecular weight is 1330 g/mol. The Labute approximate surface area is 540 Å². The lowest BCUT2D eigenvalue weighted by Crippen LogP contribution is -2.82. The van der Waals surface area contributed by atoms with Crippen molar-refractivity contribution in [1.82, 2.24) is 21.3 Å². The third-order valence-electron chi connectivity index (χ3n) is 17.2. The fourth-order valence-corrected chi connectivity index (χ4v) is 14.6. The van der Waals surface area contributed by atoms with Gasteiger partial charge in [0, 0.05) is 64.5 Å². The predicted octanol–water partition coefficient (Wildman–Crippen LogP) is 5.64. The van der Waals surface area contributed by atoms with Gasteiger partial charge < -0.3 is 79.6 Å². The number of carbonyl (C=O) groups is 11. The van der Waals surface area contributed by atoms with Gasteiger partial charge in [-0.05, 0) is 95.6 Å². The molecule has 506 valence electrons. The van der Waals surface area contributed by atoms with Crippen molar-refractivity contribution in [2.24, 2.45) is 16.7 Å². The van der Waals surface area contributed by atoms with E-state index in [4.69, 9.17) is 43.0 Å². The minimum atomic E-state index is -2.36. The van der Waals surface area contributed by atoms with E-state index in [1.165, 1.54) is 54.9 Å². The Morgan fingerprint density at radius 3 is 1.99 bits per heavy atom. The van der Waals surface area contributed by atoms with Crippen molar-refractivity contribution in [3.63, 3.8) is 0 Å². The number of methoxy groups -OCH3 is 2. The molecule has 1 aliphatic heterocycles. The van der Waals surface area contributed by atoms with Crippen LogP contribution in [0.1, 0.15) is 135 Å². The zero-order chi connectivity index (χ0) is 68.1. The molecular formula is C63H84N4O23S2. The number of ether oxygens (including phenoxy) is 8. The molecule has 0 aromatic heterocycles. The van der Waals surface area contributed by atoms with Gasteiger partial charge in [-0.2, -0.15) is 0 Å². The van der Waals surface area contributed by atoms with Crippen LogP contribution < -0.4 is 21.3 Å². The maximum atomic E-state index is 15.9. The van der Waals surface area contributed by atoms with Crippen LogP contribution in [0.25, 0.3) is 0 Å². The standard InChI is InChI=1S/C63H84N4O23S2/c1-34-40(31-63(82)52(88-55(78)37-22-15-12-16-23-37)50-61(8,51(73)48(84-10)46(34)60(63,6)7)41(83-9)30-42-62(50,33-85-42)89-35(2)68)86-56(79)49(47(36-20-13-11-14-21-36)67-58(81)90-59(3,4)5)87-45(72)25-19-29-91-92-32-43(69)64-28-18-17-24-38(53(74)75)65-57(80)66-39(54(76)77)26-27-44(70)71/h11-16,20-23,38-42,47-50,52,82H,17-19,24-33H2,1-10H3,(H,64,69)(H,67,81)(H,70,71)(H,74,75)(H,76,77)(H2,65,66,80)/t38-,39-,40-,41-,42+,47-,48+,49+,50-,52-,61+,62-,63+/m0/s1. The smallest absolute Gasteiger partial charge is 0.408 e. The van der Waals surface area contributed by atoms with Crippen LogP contribution in [0, 0.1) is 16.7 Å². The zero-order valence-corrected chi connectivity index (χ0v) is 54.7. The van der Waals surface area contributed by atoms with Crippen molar-refractivity contribution in [1.29, 1.82) is 0 Å². The number of nitrogens with one attached hydrogen (secondary N) is 4. The van der Waals surface area contributed by atoms with Gasteiger partial charge in [-0.1, -0.05) is 84.0 Å². The van der Waals surface area contributed by atoms with E-state index < -0.39 is 167 Å². The summed E-state index contributed by atoms with van der Waals surface area (Å²) in [6.45, 7) is 12.4. The maximum absolute atomic E-state index is 15.9. The number of benzene rings is 2.